The van der Waals surface area contributed by atoms with Gasteiger partial charge in [0.25, 0.3) is 0 Å². The molecule has 1 spiro atoms. The minimum atomic E-state index is -0.556. The first-order valence-corrected chi connectivity index (χ1v) is 16.7. The molecule has 0 saturated heterocycles. The number of ether oxygens (including phenoxy) is 1. The zero-order chi connectivity index (χ0) is 31.0. The molecule has 0 saturated carbocycles. The Labute approximate surface area is 276 Å². The van der Waals surface area contributed by atoms with Crippen LogP contribution in [0.2, 0.25) is 0 Å². The molecule has 0 N–H and O–H groups in total. The Morgan fingerprint density at radius 1 is 0.489 bits per heavy atom. The van der Waals surface area contributed by atoms with Crippen LogP contribution in [0.5, 0.6) is 11.5 Å². The molecule has 1 aliphatic carbocycles. The minimum absolute atomic E-state index is 0.556. The maximum absolute atomic E-state index is 6.71. The fraction of sp³-hybridized carbons (Fsp3) is 0.0233. The van der Waals surface area contributed by atoms with Crippen LogP contribution in [-0.4, -0.2) is 9.97 Å². The first-order valence-electron chi connectivity index (χ1n) is 15.8. The van der Waals surface area contributed by atoms with Crippen LogP contribution in [0.15, 0.2) is 157 Å². The molecule has 1 aliphatic heterocycles. The lowest BCUT2D eigenvalue weighted by molar-refractivity contribution is 0.436. The summed E-state index contributed by atoms with van der Waals surface area (Å²) in [7, 11) is 0. The van der Waals surface area contributed by atoms with Crippen molar-refractivity contribution in [1.82, 2.24) is 9.97 Å². The van der Waals surface area contributed by atoms with Gasteiger partial charge in [0.05, 0.1) is 16.8 Å². The zero-order valence-electron chi connectivity index (χ0n) is 25.2. The Morgan fingerprint density at radius 2 is 1.17 bits per heavy atom. The van der Waals surface area contributed by atoms with Crippen LogP contribution in [0.4, 0.5) is 0 Å². The number of fused-ring (bicyclic) bond motifs is 11. The van der Waals surface area contributed by atoms with Crippen molar-refractivity contribution < 1.29 is 4.74 Å². The molecule has 8 aromatic rings. The van der Waals surface area contributed by atoms with E-state index in [4.69, 9.17) is 14.7 Å². The molecule has 0 fully saturated rings. The van der Waals surface area contributed by atoms with Crippen molar-refractivity contribution in [3.05, 3.63) is 179 Å². The maximum Gasteiger partial charge on any atom is 0.160 e. The number of nitrogens with zero attached hydrogens (tertiary/aromatic N) is 2. The van der Waals surface area contributed by atoms with Crippen LogP contribution in [-0.2, 0) is 5.41 Å². The van der Waals surface area contributed by atoms with E-state index in [1.54, 1.807) is 11.3 Å². The van der Waals surface area contributed by atoms with E-state index < -0.39 is 5.41 Å². The molecule has 4 heteroatoms. The van der Waals surface area contributed by atoms with Gasteiger partial charge in [-0.1, -0.05) is 109 Å². The van der Waals surface area contributed by atoms with Crippen molar-refractivity contribution in [3.63, 3.8) is 0 Å². The van der Waals surface area contributed by atoms with E-state index in [1.807, 2.05) is 24.3 Å². The van der Waals surface area contributed by atoms with Gasteiger partial charge < -0.3 is 4.74 Å². The molecular weight excluding hydrogens is 593 g/mol. The lowest BCUT2D eigenvalue weighted by Crippen LogP contribution is -2.32. The normalized spacial score (nSPS) is 15.5. The van der Waals surface area contributed by atoms with E-state index in [0.29, 0.717) is 5.82 Å². The monoisotopic (exact) mass is 618 g/mol. The maximum atomic E-state index is 6.71. The number of aromatic nitrogens is 2. The highest BCUT2D eigenvalue weighted by atomic mass is 32.1. The fourth-order valence-electron chi connectivity index (χ4n) is 7.67. The van der Waals surface area contributed by atoms with Gasteiger partial charge in [0.2, 0.25) is 0 Å². The lowest BCUT2D eigenvalue weighted by atomic mass is 9.66. The number of hydrogen-bond acceptors (Lipinski definition) is 4. The molecule has 2 aromatic heterocycles. The van der Waals surface area contributed by atoms with Crippen LogP contribution in [0.1, 0.15) is 22.3 Å². The minimum Gasteiger partial charge on any atom is -0.457 e. The lowest BCUT2D eigenvalue weighted by Gasteiger charge is -2.39. The van der Waals surface area contributed by atoms with Gasteiger partial charge in [-0.05, 0) is 70.1 Å². The van der Waals surface area contributed by atoms with Gasteiger partial charge in [-0.2, -0.15) is 0 Å². The average molecular weight is 619 g/mol. The summed E-state index contributed by atoms with van der Waals surface area (Å²) in [5, 5.41) is 3.50. The van der Waals surface area contributed by atoms with Crippen molar-refractivity contribution in [3.8, 4) is 56.5 Å². The highest BCUT2D eigenvalue weighted by molar-refractivity contribution is 7.17. The molecule has 1 unspecified atom stereocenters. The third-order valence-electron chi connectivity index (χ3n) is 9.66. The molecule has 6 aromatic carbocycles. The summed E-state index contributed by atoms with van der Waals surface area (Å²) in [4.78, 5) is 10.2. The summed E-state index contributed by atoms with van der Waals surface area (Å²) in [6.07, 6.45) is 0. The summed E-state index contributed by atoms with van der Waals surface area (Å²) < 4.78 is 8.01. The van der Waals surface area contributed by atoms with Gasteiger partial charge in [0.15, 0.2) is 5.82 Å². The van der Waals surface area contributed by atoms with Crippen molar-refractivity contribution in [2.24, 2.45) is 0 Å². The predicted octanol–water partition coefficient (Wildman–Crippen LogP) is 11.2. The molecule has 47 heavy (non-hydrogen) atoms. The zero-order valence-corrected chi connectivity index (χ0v) is 26.0. The predicted molar refractivity (Wildman–Crippen MR) is 191 cm³/mol. The van der Waals surface area contributed by atoms with Crippen LogP contribution in [0.25, 0.3) is 55.1 Å². The molecule has 0 radical (unpaired) electrons. The van der Waals surface area contributed by atoms with Crippen LogP contribution in [0.3, 0.4) is 0 Å². The number of rotatable bonds is 3. The van der Waals surface area contributed by atoms with E-state index >= 15 is 0 Å². The van der Waals surface area contributed by atoms with Crippen molar-refractivity contribution in [2.45, 2.75) is 5.41 Å². The largest absolute Gasteiger partial charge is 0.457 e. The molecule has 3 nitrogen and oxygen atoms in total. The Balaban J connectivity index is 1.27. The number of para-hydroxylation sites is 1. The van der Waals surface area contributed by atoms with Gasteiger partial charge in [0.1, 0.15) is 11.5 Å². The van der Waals surface area contributed by atoms with Gasteiger partial charge in [-0.3, -0.25) is 0 Å². The summed E-state index contributed by atoms with van der Waals surface area (Å²) in [5.41, 5.74) is 11.7. The summed E-state index contributed by atoms with van der Waals surface area (Å²) in [6, 6.07) is 53.6. The summed E-state index contributed by atoms with van der Waals surface area (Å²) in [5.74, 6) is 2.45. The Morgan fingerprint density at radius 3 is 2.00 bits per heavy atom. The molecule has 10 rings (SSSR count). The summed E-state index contributed by atoms with van der Waals surface area (Å²) >= 11 is 1.79. The Bertz CT molecular complexity index is 2440. The van der Waals surface area contributed by atoms with E-state index in [9.17, 15) is 0 Å². The van der Waals surface area contributed by atoms with E-state index in [2.05, 4.69) is 133 Å². The molecule has 0 amide bonds. The highest BCUT2D eigenvalue weighted by Gasteiger charge is 2.51. The van der Waals surface area contributed by atoms with Gasteiger partial charge in [0, 0.05) is 37.9 Å². The van der Waals surface area contributed by atoms with Gasteiger partial charge >= 0.3 is 0 Å². The van der Waals surface area contributed by atoms with Crippen LogP contribution in [0, 0.1) is 0 Å². The number of hydrogen-bond donors (Lipinski definition) is 0. The molecule has 2 aliphatic rings. The first kappa shape index (κ1) is 26.4. The Hall–Kier alpha value is -5.84. The molecular formula is C43H26N2OS. The average Bonchev–Trinajstić information content (AvgIpc) is 3.74. The van der Waals surface area contributed by atoms with Crippen LogP contribution < -0.4 is 4.74 Å². The second-order valence-corrected chi connectivity index (χ2v) is 13.1. The fourth-order valence-corrected chi connectivity index (χ4v) is 8.46. The molecule has 3 heterocycles. The smallest absolute Gasteiger partial charge is 0.160 e. The highest BCUT2D eigenvalue weighted by Crippen LogP contribution is 2.63. The SMILES string of the molecule is c1ccc(-c2cc(-c3ccc4c(c3)C3(c5ccccc5O4)c4ccccc4-c4c3ccc3sccc43)nc(-c3ccccc3)n2)cc1. The van der Waals surface area contributed by atoms with E-state index in [1.165, 1.54) is 32.3 Å². The van der Waals surface area contributed by atoms with E-state index in [0.717, 1.165) is 50.7 Å². The molecule has 1 atom stereocenters. The van der Waals surface area contributed by atoms with Crippen molar-refractivity contribution in [2.75, 3.05) is 0 Å². The second kappa shape index (κ2) is 10.1. The first-order chi connectivity index (χ1) is 23.3. The molecule has 0 bridgehead atoms. The third kappa shape index (κ3) is 3.79. The topological polar surface area (TPSA) is 35.0 Å². The van der Waals surface area contributed by atoms with Crippen molar-refractivity contribution in [1.29, 1.82) is 0 Å². The number of thiophene rings is 1. The van der Waals surface area contributed by atoms with Gasteiger partial charge in [-0.25, -0.2) is 9.97 Å². The summed E-state index contributed by atoms with van der Waals surface area (Å²) in [6.45, 7) is 0. The standard InChI is InChI=1S/C43H26N2OS/c1-3-11-27(12-4-1)36-26-37(45-42(44-36)28-13-5-2-6-14-28)29-19-21-39-35(25-29)43(33-17-9-10-18-38(33)46-39)32-16-8-7-15-30(32)41-31-23-24-47-40(31)22-20-34(41)43/h1-26H. The Kier molecular flexibility index (Phi) is 5.66. The van der Waals surface area contributed by atoms with Crippen molar-refractivity contribution >= 4 is 21.4 Å². The van der Waals surface area contributed by atoms with Gasteiger partial charge in [-0.15, -0.1) is 11.3 Å². The second-order valence-electron chi connectivity index (χ2n) is 12.1. The molecule has 220 valence electrons. The number of benzene rings is 6. The van der Waals surface area contributed by atoms with Crippen LogP contribution >= 0.6 is 11.3 Å². The third-order valence-corrected chi connectivity index (χ3v) is 10.5. The van der Waals surface area contributed by atoms with E-state index in [-0.39, 0.29) is 0 Å². The quantitative estimate of drug-likeness (QED) is 0.198.